The summed E-state index contributed by atoms with van der Waals surface area (Å²) in [6.45, 7) is -0.584. The molecular weight excluding hydrogens is 391 g/mol. The average molecular weight is 405 g/mol. The molecule has 0 radical (unpaired) electrons. The first-order valence-electron chi connectivity index (χ1n) is 8.35. The maximum Gasteiger partial charge on any atom is 0.449 e. The molecule has 0 saturated heterocycles. The van der Waals surface area contributed by atoms with E-state index in [1.54, 1.807) is 12.1 Å². The van der Waals surface area contributed by atoms with Crippen LogP contribution < -0.4 is 15.6 Å². The van der Waals surface area contributed by atoms with Crippen molar-refractivity contribution in [2.75, 3.05) is 12.4 Å². The van der Waals surface area contributed by atoms with Crippen LogP contribution in [0.2, 0.25) is 0 Å². The van der Waals surface area contributed by atoms with Crippen molar-refractivity contribution in [1.29, 1.82) is 0 Å². The molecule has 29 heavy (non-hydrogen) atoms. The molecule has 0 aliphatic carbocycles. The maximum atomic E-state index is 12.8. The van der Waals surface area contributed by atoms with Gasteiger partial charge in [-0.1, -0.05) is 0 Å². The van der Waals surface area contributed by atoms with Gasteiger partial charge >= 0.3 is 6.18 Å². The summed E-state index contributed by atoms with van der Waals surface area (Å²) < 4.78 is 45.0. The van der Waals surface area contributed by atoms with Gasteiger partial charge in [-0.2, -0.15) is 13.2 Å². The van der Waals surface area contributed by atoms with Crippen molar-refractivity contribution < 1.29 is 23.0 Å². The number of aliphatic hydroxyl groups is 1. The molecule has 150 valence electrons. The molecular formula is C18H14F3N5O3. The summed E-state index contributed by atoms with van der Waals surface area (Å²) in [4.78, 5) is 22.8. The number of methoxy groups -OCH3 is 1. The van der Waals surface area contributed by atoms with Gasteiger partial charge in [-0.3, -0.25) is 9.20 Å². The van der Waals surface area contributed by atoms with E-state index in [2.05, 4.69) is 20.3 Å². The van der Waals surface area contributed by atoms with Crippen LogP contribution in [0.1, 0.15) is 11.4 Å². The summed E-state index contributed by atoms with van der Waals surface area (Å²) in [5.74, 6) is -0.694. The van der Waals surface area contributed by atoms with Crippen molar-refractivity contribution in [1.82, 2.24) is 19.4 Å². The second-order valence-corrected chi connectivity index (χ2v) is 6.11. The number of aromatic amines is 1. The van der Waals surface area contributed by atoms with E-state index < -0.39 is 24.2 Å². The van der Waals surface area contributed by atoms with Gasteiger partial charge in [0.1, 0.15) is 5.82 Å². The Bertz CT molecular complexity index is 1280. The lowest BCUT2D eigenvalue weighted by Gasteiger charge is -2.13. The smallest absolute Gasteiger partial charge is 0.449 e. The monoisotopic (exact) mass is 405 g/mol. The van der Waals surface area contributed by atoms with Crippen LogP contribution in [0.5, 0.6) is 5.75 Å². The predicted molar refractivity (Wildman–Crippen MR) is 98.3 cm³/mol. The molecule has 0 aliphatic rings. The van der Waals surface area contributed by atoms with Crippen molar-refractivity contribution in [3.05, 3.63) is 58.3 Å². The number of rotatable bonds is 4. The number of nitrogens with one attached hydrogen (secondary N) is 2. The van der Waals surface area contributed by atoms with Crippen molar-refractivity contribution in [2.24, 2.45) is 0 Å². The Morgan fingerprint density at radius 1 is 1.28 bits per heavy atom. The lowest BCUT2D eigenvalue weighted by molar-refractivity contribution is -0.144. The molecule has 3 N–H and O–H groups in total. The first-order chi connectivity index (χ1) is 13.8. The lowest BCUT2D eigenvalue weighted by atomic mass is 10.2. The van der Waals surface area contributed by atoms with E-state index in [0.717, 1.165) is 0 Å². The molecule has 0 saturated carbocycles. The fourth-order valence-electron chi connectivity index (χ4n) is 2.94. The minimum absolute atomic E-state index is 0.00330. The number of pyridine rings is 1. The van der Waals surface area contributed by atoms with E-state index in [9.17, 15) is 23.1 Å². The third kappa shape index (κ3) is 3.25. The highest BCUT2D eigenvalue weighted by atomic mass is 19.4. The van der Waals surface area contributed by atoms with E-state index >= 15 is 0 Å². The van der Waals surface area contributed by atoms with Crippen molar-refractivity contribution in [3.8, 4) is 5.75 Å². The Labute approximate surface area is 160 Å². The summed E-state index contributed by atoms with van der Waals surface area (Å²) in [5.41, 5.74) is 0.371. The lowest BCUT2D eigenvalue weighted by Crippen LogP contribution is -2.22. The Hall–Kier alpha value is -3.60. The summed E-state index contributed by atoms with van der Waals surface area (Å²) in [7, 11) is 1.43. The predicted octanol–water partition coefficient (Wildman–Crippen LogP) is 2.83. The van der Waals surface area contributed by atoms with Gasteiger partial charge in [0.2, 0.25) is 5.82 Å². The van der Waals surface area contributed by atoms with Crippen LogP contribution in [0.3, 0.4) is 0 Å². The van der Waals surface area contributed by atoms with Crippen molar-refractivity contribution >= 4 is 28.2 Å². The molecule has 3 aromatic heterocycles. The molecule has 0 aliphatic heterocycles. The summed E-state index contributed by atoms with van der Waals surface area (Å²) in [5, 5.41) is 12.5. The van der Waals surface area contributed by atoms with Crippen molar-refractivity contribution in [2.45, 2.75) is 12.8 Å². The average Bonchev–Trinajstić information content (AvgIpc) is 3.12. The highest BCUT2D eigenvalue weighted by molar-refractivity contribution is 5.81. The summed E-state index contributed by atoms with van der Waals surface area (Å²) >= 11 is 0. The highest BCUT2D eigenvalue weighted by Crippen LogP contribution is 2.30. The molecule has 1 aromatic carbocycles. The first kappa shape index (κ1) is 18.7. The number of aliphatic hydroxyl groups excluding tert-OH is 1. The Balaban J connectivity index is 1.82. The molecule has 0 atom stereocenters. The topological polar surface area (TPSA) is 105 Å². The fraction of sp³-hybridized carbons (Fsp3) is 0.167. The Morgan fingerprint density at radius 2 is 2.07 bits per heavy atom. The van der Waals surface area contributed by atoms with Crippen LogP contribution >= 0.6 is 0 Å². The second kappa shape index (κ2) is 6.78. The van der Waals surface area contributed by atoms with Crippen molar-refractivity contribution in [3.63, 3.8) is 0 Å². The molecule has 0 amide bonds. The fourth-order valence-corrected chi connectivity index (χ4v) is 2.94. The van der Waals surface area contributed by atoms with Gasteiger partial charge in [0.15, 0.2) is 11.4 Å². The number of nitrogens with zero attached hydrogens (tertiary/aromatic N) is 3. The molecule has 0 unspecified atom stereocenters. The zero-order valence-corrected chi connectivity index (χ0v) is 14.9. The standard InChI is InChI=1S/C18H14F3N5O3/c1-29-13-3-2-6-26-15(13)25-14(10(8-27)16(26)28)22-9-4-5-11-12(7-9)24-17(23-11)18(19,20)21/h2-7,22,27H,8H2,1H3,(H,23,24). The molecule has 0 spiro atoms. The van der Waals surface area contributed by atoms with E-state index in [0.29, 0.717) is 11.4 Å². The molecule has 8 nitrogen and oxygen atoms in total. The van der Waals surface area contributed by atoms with Gasteiger partial charge in [0.25, 0.3) is 5.56 Å². The third-order valence-electron chi connectivity index (χ3n) is 4.30. The SMILES string of the molecule is COc1cccn2c(=O)c(CO)c(Nc3ccc4nc(C(F)(F)F)[nH]c4c3)nc12. The molecule has 0 fully saturated rings. The number of fused-ring (bicyclic) bond motifs is 2. The third-order valence-corrected chi connectivity index (χ3v) is 4.30. The number of aromatic nitrogens is 4. The molecule has 11 heteroatoms. The zero-order valence-electron chi connectivity index (χ0n) is 14.9. The number of halogens is 3. The van der Waals surface area contributed by atoms with Crippen LogP contribution in [0, 0.1) is 0 Å². The van der Waals surface area contributed by atoms with Gasteiger partial charge in [-0.05, 0) is 30.3 Å². The number of ether oxygens (including phenoxy) is 1. The largest absolute Gasteiger partial charge is 0.493 e. The molecule has 4 rings (SSSR count). The number of anilines is 2. The highest BCUT2D eigenvalue weighted by Gasteiger charge is 2.34. The quantitative estimate of drug-likeness (QED) is 0.482. The van der Waals surface area contributed by atoms with E-state index in [1.165, 1.54) is 35.9 Å². The van der Waals surface area contributed by atoms with Crippen LogP contribution in [0.4, 0.5) is 24.7 Å². The molecule has 3 heterocycles. The van der Waals surface area contributed by atoms with E-state index in [-0.39, 0.29) is 28.1 Å². The van der Waals surface area contributed by atoms with Crippen LogP contribution in [0.25, 0.3) is 16.7 Å². The number of benzene rings is 1. The normalized spacial score (nSPS) is 11.9. The summed E-state index contributed by atoms with van der Waals surface area (Å²) in [6.07, 6.45) is -3.10. The Kier molecular flexibility index (Phi) is 4.38. The number of hydrogen-bond donors (Lipinski definition) is 3. The number of alkyl halides is 3. The van der Waals surface area contributed by atoms with Gasteiger partial charge in [-0.25, -0.2) is 9.97 Å². The number of hydrogen-bond acceptors (Lipinski definition) is 6. The van der Waals surface area contributed by atoms with Gasteiger partial charge in [0.05, 0.1) is 30.3 Å². The van der Waals surface area contributed by atoms with Crippen LogP contribution in [-0.4, -0.2) is 31.6 Å². The number of H-pyrrole nitrogens is 1. The Morgan fingerprint density at radius 3 is 2.76 bits per heavy atom. The van der Waals surface area contributed by atoms with E-state index in [4.69, 9.17) is 4.74 Å². The van der Waals surface area contributed by atoms with Gasteiger partial charge in [0, 0.05) is 11.9 Å². The number of imidazole rings is 1. The minimum atomic E-state index is -4.60. The minimum Gasteiger partial charge on any atom is -0.493 e. The zero-order chi connectivity index (χ0) is 20.8. The van der Waals surface area contributed by atoms with Gasteiger partial charge < -0.3 is 20.1 Å². The molecule has 4 aromatic rings. The maximum absolute atomic E-state index is 12.8. The van der Waals surface area contributed by atoms with Crippen LogP contribution in [-0.2, 0) is 12.8 Å². The second-order valence-electron chi connectivity index (χ2n) is 6.11. The molecule has 0 bridgehead atoms. The summed E-state index contributed by atoms with van der Waals surface area (Å²) in [6, 6.07) is 7.53. The first-order valence-corrected chi connectivity index (χ1v) is 8.35. The van der Waals surface area contributed by atoms with Crippen LogP contribution in [0.15, 0.2) is 41.3 Å². The van der Waals surface area contributed by atoms with E-state index in [1.807, 2.05) is 0 Å². The van der Waals surface area contributed by atoms with Gasteiger partial charge in [-0.15, -0.1) is 0 Å².